The summed E-state index contributed by atoms with van der Waals surface area (Å²) in [5.41, 5.74) is 0. The number of ether oxygens (including phenoxy) is 1. The molecular formula is C4H10N2O3. The van der Waals surface area contributed by atoms with Crippen molar-refractivity contribution in [1.29, 1.82) is 0 Å². The van der Waals surface area contributed by atoms with Gasteiger partial charge < -0.3 is 9.94 Å². The second-order valence-electron chi connectivity index (χ2n) is 1.79. The highest BCUT2D eigenvalue weighted by Gasteiger charge is 2.20. The van der Waals surface area contributed by atoms with Crippen LogP contribution in [-0.2, 0) is 9.57 Å². The molecule has 0 amide bonds. The molecule has 0 aromatic rings. The predicted octanol–water partition coefficient (Wildman–Crippen LogP) is -2.17. The van der Waals surface area contributed by atoms with Gasteiger partial charge in [0.2, 0.25) is 0 Å². The Bertz CT molecular complexity index is 83.9. The largest absolute Gasteiger partial charge is 0.599 e. The lowest BCUT2D eigenvalue weighted by molar-refractivity contribution is -1.07. The van der Waals surface area contributed by atoms with Gasteiger partial charge in [0.1, 0.15) is 13.3 Å². The molecule has 5 heteroatoms. The van der Waals surface area contributed by atoms with Crippen LogP contribution in [0.5, 0.6) is 0 Å². The van der Waals surface area contributed by atoms with Crippen LogP contribution >= 0.6 is 0 Å². The van der Waals surface area contributed by atoms with Crippen molar-refractivity contribution in [2.75, 3.05) is 20.4 Å². The number of hydroxylamine groups is 2. The summed E-state index contributed by atoms with van der Waals surface area (Å²) in [4.78, 5) is 4.45. The Labute approximate surface area is 53.1 Å². The van der Waals surface area contributed by atoms with Crippen molar-refractivity contribution >= 4 is 0 Å². The van der Waals surface area contributed by atoms with E-state index in [9.17, 15) is 5.21 Å². The van der Waals surface area contributed by atoms with Crippen LogP contribution in [0.3, 0.4) is 0 Å². The van der Waals surface area contributed by atoms with E-state index in [1.807, 2.05) is 0 Å². The molecule has 1 fully saturated rings. The van der Waals surface area contributed by atoms with Gasteiger partial charge in [0, 0.05) is 0 Å². The van der Waals surface area contributed by atoms with Crippen molar-refractivity contribution in [3.8, 4) is 0 Å². The summed E-state index contributed by atoms with van der Waals surface area (Å²) in [7, 11) is 1.36. The third kappa shape index (κ3) is 1.60. The van der Waals surface area contributed by atoms with Crippen LogP contribution in [-0.4, -0.2) is 26.6 Å². The molecule has 1 aliphatic rings. The van der Waals surface area contributed by atoms with Crippen LogP contribution in [0.4, 0.5) is 0 Å². The Morgan fingerprint density at radius 1 is 1.89 bits per heavy atom. The second-order valence-corrected chi connectivity index (χ2v) is 1.79. The summed E-state index contributed by atoms with van der Waals surface area (Å²) in [5, 5.41) is 13.2. The van der Waals surface area contributed by atoms with Crippen molar-refractivity contribution < 1.29 is 14.8 Å². The van der Waals surface area contributed by atoms with E-state index in [4.69, 9.17) is 4.74 Å². The Hall–Kier alpha value is -0.200. The maximum absolute atomic E-state index is 10.6. The van der Waals surface area contributed by atoms with Crippen LogP contribution < -0.4 is 10.5 Å². The zero-order valence-electron chi connectivity index (χ0n) is 5.22. The summed E-state index contributed by atoms with van der Waals surface area (Å²) >= 11 is 0. The van der Waals surface area contributed by atoms with Gasteiger partial charge in [-0.3, -0.25) is 0 Å². The minimum Gasteiger partial charge on any atom is -0.599 e. The Balaban J connectivity index is 2.24. The molecule has 0 aromatic heterocycles. The molecule has 0 radical (unpaired) electrons. The number of quaternary nitrogens is 1. The van der Waals surface area contributed by atoms with Gasteiger partial charge in [-0.15, -0.1) is 0 Å². The SMILES string of the molecule is CO[NH+]([O-])C1COCN1. The monoisotopic (exact) mass is 134 g/mol. The first kappa shape index (κ1) is 6.91. The molecular weight excluding hydrogens is 124 g/mol. The van der Waals surface area contributed by atoms with Gasteiger partial charge >= 0.3 is 0 Å². The molecule has 2 atom stereocenters. The van der Waals surface area contributed by atoms with Gasteiger partial charge in [0.25, 0.3) is 0 Å². The minimum atomic E-state index is -0.257. The predicted molar refractivity (Wildman–Crippen MR) is 29.1 cm³/mol. The highest BCUT2D eigenvalue weighted by atomic mass is 16.9. The van der Waals surface area contributed by atoms with Gasteiger partial charge in [-0.25, -0.2) is 15.4 Å². The second kappa shape index (κ2) is 3.09. The molecule has 54 valence electrons. The molecule has 1 rings (SSSR count). The molecule has 1 heterocycles. The minimum absolute atomic E-state index is 0.255. The summed E-state index contributed by atoms with van der Waals surface area (Å²) in [6.45, 7) is 0.867. The van der Waals surface area contributed by atoms with Crippen molar-refractivity contribution in [1.82, 2.24) is 5.32 Å². The smallest absolute Gasteiger partial charge is 0.196 e. The molecule has 0 aromatic carbocycles. The zero-order valence-corrected chi connectivity index (χ0v) is 5.22. The molecule has 2 N–H and O–H groups in total. The lowest BCUT2D eigenvalue weighted by Crippen LogP contribution is -3.12. The summed E-state index contributed by atoms with van der Waals surface area (Å²) in [5.74, 6) is 0. The van der Waals surface area contributed by atoms with Gasteiger partial charge in [0.05, 0.1) is 7.11 Å². The number of hydrogen-bond acceptors (Lipinski definition) is 4. The zero-order chi connectivity index (χ0) is 6.69. The van der Waals surface area contributed by atoms with E-state index in [0.717, 1.165) is 0 Å². The van der Waals surface area contributed by atoms with E-state index in [1.54, 1.807) is 0 Å². The molecule has 5 nitrogen and oxygen atoms in total. The van der Waals surface area contributed by atoms with Crippen molar-refractivity contribution in [3.05, 3.63) is 5.21 Å². The summed E-state index contributed by atoms with van der Waals surface area (Å²) in [6.07, 6.45) is -0.255. The molecule has 0 aliphatic carbocycles. The standard InChI is InChI=1S/C4H10N2O3/c1-8-6(7)4-2-9-3-5-4/h4-6H,2-3H2,1H3. The molecule has 0 saturated carbocycles. The van der Waals surface area contributed by atoms with Gasteiger partial charge in [-0.2, -0.15) is 0 Å². The topological polar surface area (TPSA) is 58.0 Å². The molecule has 9 heavy (non-hydrogen) atoms. The van der Waals surface area contributed by atoms with Gasteiger partial charge in [-0.05, 0) is 0 Å². The molecule has 0 spiro atoms. The van der Waals surface area contributed by atoms with Crippen molar-refractivity contribution in [2.45, 2.75) is 6.17 Å². The van der Waals surface area contributed by atoms with Crippen LogP contribution in [0, 0.1) is 5.21 Å². The van der Waals surface area contributed by atoms with Gasteiger partial charge in [-0.1, -0.05) is 0 Å². The highest BCUT2D eigenvalue weighted by Crippen LogP contribution is 1.84. The molecule has 1 saturated heterocycles. The van der Waals surface area contributed by atoms with Gasteiger partial charge in [0.15, 0.2) is 6.17 Å². The maximum atomic E-state index is 10.6. The first-order chi connectivity index (χ1) is 4.34. The summed E-state index contributed by atoms with van der Waals surface area (Å²) < 4.78 is 4.87. The fraction of sp³-hybridized carbons (Fsp3) is 1.00. The molecule has 1 aliphatic heterocycles. The maximum Gasteiger partial charge on any atom is 0.196 e. The van der Waals surface area contributed by atoms with Crippen LogP contribution in [0.1, 0.15) is 0 Å². The van der Waals surface area contributed by atoms with Crippen LogP contribution in [0.15, 0.2) is 0 Å². The first-order valence-corrected chi connectivity index (χ1v) is 2.73. The van der Waals surface area contributed by atoms with E-state index >= 15 is 0 Å². The van der Waals surface area contributed by atoms with Crippen molar-refractivity contribution in [2.24, 2.45) is 0 Å². The van der Waals surface area contributed by atoms with E-state index in [1.165, 1.54) is 7.11 Å². The lowest BCUT2D eigenvalue weighted by Gasteiger charge is -2.22. The first-order valence-electron chi connectivity index (χ1n) is 2.73. The van der Waals surface area contributed by atoms with Crippen LogP contribution in [0.25, 0.3) is 0 Å². The Morgan fingerprint density at radius 3 is 3.11 bits per heavy atom. The molecule has 2 unspecified atom stereocenters. The van der Waals surface area contributed by atoms with E-state index < -0.39 is 0 Å². The normalized spacial score (nSPS) is 30.7. The number of nitrogens with one attached hydrogen (secondary N) is 2. The summed E-state index contributed by atoms with van der Waals surface area (Å²) in [6, 6.07) is 0. The lowest BCUT2D eigenvalue weighted by atomic mass is 10.6. The Morgan fingerprint density at radius 2 is 2.67 bits per heavy atom. The third-order valence-electron chi connectivity index (χ3n) is 1.20. The number of hydrogen-bond donors (Lipinski definition) is 2. The molecule has 0 bridgehead atoms. The van der Waals surface area contributed by atoms with E-state index in [2.05, 4.69) is 10.2 Å². The highest BCUT2D eigenvalue weighted by molar-refractivity contribution is 4.53. The Kier molecular flexibility index (Phi) is 2.38. The average molecular weight is 134 g/mol. The van der Waals surface area contributed by atoms with Crippen molar-refractivity contribution in [3.63, 3.8) is 0 Å². The quantitative estimate of drug-likeness (QED) is 0.422. The van der Waals surface area contributed by atoms with E-state index in [0.29, 0.717) is 13.3 Å². The van der Waals surface area contributed by atoms with Crippen LogP contribution in [0.2, 0.25) is 0 Å². The van der Waals surface area contributed by atoms with E-state index in [-0.39, 0.29) is 11.4 Å². The average Bonchev–Trinajstić information content (AvgIpc) is 2.37. The number of rotatable bonds is 2. The fourth-order valence-electron chi connectivity index (χ4n) is 0.689. The third-order valence-corrected chi connectivity index (χ3v) is 1.20. The fourth-order valence-corrected chi connectivity index (χ4v) is 0.689.